The highest BCUT2D eigenvalue weighted by Gasteiger charge is 2.24. The Balaban J connectivity index is 0.843. The Hall–Kier alpha value is -6.52. The van der Waals surface area contributed by atoms with Crippen molar-refractivity contribution in [1.82, 2.24) is 24.4 Å². The predicted octanol–water partition coefficient (Wildman–Crippen LogP) is 5.91. The van der Waals surface area contributed by atoms with Gasteiger partial charge in [0.15, 0.2) is 0 Å². The molecule has 0 spiro atoms. The molecule has 2 fully saturated rings. The number of halogens is 2. The summed E-state index contributed by atoms with van der Waals surface area (Å²) < 4.78 is 72.7. The Kier molecular flexibility index (Phi) is 20.2. The van der Waals surface area contributed by atoms with Crippen LogP contribution in [0.4, 0.5) is 20.4 Å². The van der Waals surface area contributed by atoms with E-state index in [1.165, 1.54) is 6.07 Å². The fourth-order valence-electron chi connectivity index (χ4n) is 7.75. The van der Waals surface area contributed by atoms with Crippen molar-refractivity contribution in [3.8, 4) is 22.6 Å². The molecule has 22 heteroatoms. The number of aromatic nitrogens is 4. The quantitative estimate of drug-likeness (QED) is 0.0227. The summed E-state index contributed by atoms with van der Waals surface area (Å²) in [6.07, 6.45) is 4.83. The maximum absolute atomic E-state index is 13.5. The number of rotatable bonds is 30. The minimum Gasteiger partial charge on any atom is -0.486 e. The number of hydrogen-bond acceptors (Lipinski definition) is 15. The zero-order valence-electron chi connectivity index (χ0n) is 38.9. The van der Waals surface area contributed by atoms with Crippen LogP contribution in [0.25, 0.3) is 32.6 Å². The smallest absolute Gasteiger partial charge is 0.387 e. The highest BCUT2D eigenvalue weighted by molar-refractivity contribution is 5.95. The van der Waals surface area contributed by atoms with Crippen molar-refractivity contribution in [2.24, 2.45) is 5.11 Å². The molecule has 0 aliphatic carbocycles. The summed E-state index contributed by atoms with van der Waals surface area (Å²) >= 11 is 0. The van der Waals surface area contributed by atoms with Gasteiger partial charge in [-0.3, -0.25) is 9.59 Å². The molecule has 20 nitrogen and oxygen atoms in total. The summed E-state index contributed by atoms with van der Waals surface area (Å²) in [6.45, 7) is 4.65. The van der Waals surface area contributed by atoms with Crippen molar-refractivity contribution in [3.63, 3.8) is 0 Å². The van der Waals surface area contributed by atoms with Crippen LogP contribution in [-0.2, 0) is 51.2 Å². The lowest BCUT2D eigenvalue weighted by Gasteiger charge is -2.34. The molecule has 2 aromatic heterocycles. The van der Waals surface area contributed by atoms with Gasteiger partial charge >= 0.3 is 6.61 Å². The number of anilines is 2. The maximum Gasteiger partial charge on any atom is 0.387 e. The maximum atomic E-state index is 13.5. The fourth-order valence-corrected chi connectivity index (χ4v) is 7.75. The largest absolute Gasteiger partial charge is 0.486 e. The first-order valence-corrected chi connectivity index (χ1v) is 23.2. The van der Waals surface area contributed by atoms with E-state index < -0.39 is 6.61 Å². The Bertz CT molecular complexity index is 2470. The number of para-hydroxylation sites is 1. The number of fused-ring (bicyclic) bond motifs is 1. The summed E-state index contributed by atoms with van der Waals surface area (Å²) in [7, 11) is 0. The Labute approximate surface area is 403 Å². The first kappa shape index (κ1) is 51.3. The average Bonchev–Trinajstić information content (AvgIpc) is 3.97. The standard InChI is InChI=1S/C48H58F2N10O10/c49-47(50)70-43-8-2-1-5-37(43)33-60-42-29-36(10-11-41(42)55-44(60)34-69-40-7-3-6-39(30-40)59-13-4-9-45(59)61)38-31-52-48(53-32-38)58-16-14-57(15-17-58)46(62)35-68-28-27-67-26-25-66-24-23-65-22-21-64-20-19-63-18-12-54-56-51/h1-3,5-8,10-11,29-32,47H,4,9,12-28,33-35H2. The summed E-state index contributed by atoms with van der Waals surface area (Å²) in [5.41, 5.74) is 12.5. The van der Waals surface area contributed by atoms with Gasteiger partial charge in [0.25, 0.3) is 0 Å². The van der Waals surface area contributed by atoms with Crippen molar-refractivity contribution < 1.29 is 56.3 Å². The van der Waals surface area contributed by atoms with E-state index in [4.69, 9.17) is 48.4 Å². The number of benzene rings is 3. The molecule has 5 aromatic rings. The molecule has 0 saturated carbocycles. The van der Waals surface area contributed by atoms with Gasteiger partial charge in [-0.2, -0.15) is 8.78 Å². The molecule has 3 aromatic carbocycles. The number of nitrogens with zero attached hydrogens (tertiary/aromatic N) is 10. The van der Waals surface area contributed by atoms with Gasteiger partial charge in [-0.25, -0.2) is 15.0 Å². The van der Waals surface area contributed by atoms with E-state index in [2.05, 4.69) is 20.0 Å². The zero-order valence-corrected chi connectivity index (χ0v) is 38.9. The molecule has 0 N–H and O–H groups in total. The summed E-state index contributed by atoms with van der Waals surface area (Å²) in [4.78, 5) is 47.8. The molecule has 2 aliphatic rings. The van der Waals surface area contributed by atoms with Gasteiger partial charge in [-0.1, -0.05) is 35.4 Å². The van der Waals surface area contributed by atoms with Crippen molar-refractivity contribution in [2.75, 3.05) is 128 Å². The molecule has 0 atom stereocenters. The Morgan fingerprint density at radius 1 is 0.757 bits per heavy atom. The van der Waals surface area contributed by atoms with Crippen LogP contribution in [0.2, 0.25) is 0 Å². The Morgan fingerprint density at radius 3 is 2.09 bits per heavy atom. The van der Waals surface area contributed by atoms with Gasteiger partial charge in [0.1, 0.15) is 30.5 Å². The third-order valence-electron chi connectivity index (χ3n) is 11.3. The second-order valence-corrected chi connectivity index (χ2v) is 15.9. The van der Waals surface area contributed by atoms with Gasteiger partial charge in [0.2, 0.25) is 17.8 Å². The second-order valence-electron chi connectivity index (χ2n) is 15.9. The summed E-state index contributed by atoms with van der Waals surface area (Å²) in [6, 6.07) is 19.8. The first-order valence-electron chi connectivity index (χ1n) is 23.2. The highest BCUT2D eigenvalue weighted by Crippen LogP contribution is 2.30. The lowest BCUT2D eigenvalue weighted by atomic mass is 10.1. The lowest BCUT2D eigenvalue weighted by molar-refractivity contribution is -0.137. The SMILES string of the molecule is [N-]=[N+]=NCCOCCOCCOCCOCCOCCOCC(=O)N1CCN(c2ncc(-c3ccc4nc(COc5cccc(N6CCCC6=O)c5)n(Cc5ccccc5OC(F)F)c4c3)cn2)CC1. The van der Waals surface area contributed by atoms with E-state index in [1.54, 1.807) is 40.4 Å². The molecule has 0 radical (unpaired) electrons. The second kappa shape index (κ2) is 27.6. The molecule has 0 unspecified atom stereocenters. The number of carbonyl (C=O) groups is 2. The predicted molar refractivity (Wildman–Crippen MR) is 253 cm³/mol. The minimum absolute atomic E-state index is 0.0415. The topological polar surface area (TPSA) is 210 Å². The van der Waals surface area contributed by atoms with Crippen molar-refractivity contribution >= 4 is 34.5 Å². The number of alkyl halides is 2. The van der Waals surface area contributed by atoms with E-state index in [1.807, 2.05) is 51.9 Å². The van der Waals surface area contributed by atoms with E-state index in [9.17, 15) is 18.4 Å². The van der Waals surface area contributed by atoms with Crippen LogP contribution < -0.4 is 19.3 Å². The number of azide groups is 1. The van der Waals surface area contributed by atoms with Gasteiger partial charge in [0.05, 0.1) is 90.3 Å². The van der Waals surface area contributed by atoms with E-state index in [0.717, 1.165) is 28.8 Å². The molecule has 2 saturated heterocycles. The number of imidazole rings is 1. The van der Waals surface area contributed by atoms with Gasteiger partial charge in [-0.15, -0.1) is 0 Å². The van der Waals surface area contributed by atoms with Crippen molar-refractivity contribution in [2.45, 2.75) is 32.6 Å². The minimum atomic E-state index is -2.99. The molecule has 7 rings (SSSR count). The number of carbonyl (C=O) groups excluding carboxylic acids is 2. The number of hydrogen-bond donors (Lipinski definition) is 0. The third kappa shape index (κ3) is 15.5. The van der Waals surface area contributed by atoms with Gasteiger partial charge in [-0.05, 0) is 47.8 Å². The Morgan fingerprint density at radius 2 is 1.43 bits per heavy atom. The zero-order chi connectivity index (χ0) is 48.8. The molecular formula is C48H58F2N10O10. The fraction of sp³-hybridized carbons (Fsp3) is 0.479. The molecule has 374 valence electrons. The molecule has 2 aliphatic heterocycles. The average molecular weight is 973 g/mol. The van der Waals surface area contributed by atoms with Crippen LogP contribution in [-0.4, -0.2) is 161 Å². The number of ether oxygens (including phenoxy) is 8. The van der Waals surface area contributed by atoms with Gasteiger partial charge < -0.3 is 57.2 Å². The van der Waals surface area contributed by atoms with Crippen LogP contribution in [0.3, 0.4) is 0 Å². The van der Waals surface area contributed by atoms with Crippen molar-refractivity contribution in [3.05, 3.63) is 101 Å². The first-order chi connectivity index (χ1) is 34.4. The van der Waals surface area contributed by atoms with E-state index in [0.29, 0.717) is 140 Å². The molecule has 4 heterocycles. The van der Waals surface area contributed by atoms with Crippen LogP contribution >= 0.6 is 0 Å². The highest BCUT2D eigenvalue weighted by atomic mass is 19.3. The summed E-state index contributed by atoms with van der Waals surface area (Å²) in [5.74, 6) is 1.71. The molecule has 0 bridgehead atoms. The van der Waals surface area contributed by atoms with Crippen LogP contribution in [0.5, 0.6) is 11.5 Å². The van der Waals surface area contributed by atoms with E-state index in [-0.39, 0.29) is 43.9 Å². The lowest BCUT2D eigenvalue weighted by Crippen LogP contribution is -2.50. The molecule has 2 amide bonds. The number of amides is 2. The van der Waals surface area contributed by atoms with Crippen LogP contribution in [0, 0.1) is 0 Å². The van der Waals surface area contributed by atoms with Gasteiger partial charge in [0, 0.05) is 85.9 Å². The molecule has 70 heavy (non-hydrogen) atoms. The van der Waals surface area contributed by atoms with Crippen LogP contribution in [0.1, 0.15) is 24.2 Å². The normalized spacial score (nSPS) is 13.9. The van der Waals surface area contributed by atoms with Crippen molar-refractivity contribution in [1.29, 1.82) is 0 Å². The monoisotopic (exact) mass is 972 g/mol. The third-order valence-corrected chi connectivity index (χ3v) is 11.3. The van der Waals surface area contributed by atoms with E-state index >= 15 is 0 Å². The molecular weight excluding hydrogens is 915 g/mol. The number of piperazine rings is 1. The summed E-state index contributed by atoms with van der Waals surface area (Å²) in [5, 5.41) is 3.38. The van der Waals surface area contributed by atoms with Crippen LogP contribution in [0.15, 0.2) is 84.2 Å².